The van der Waals surface area contributed by atoms with Crippen molar-refractivity contribution in [1.29, 1.82) is 0 Å². The summed E-state index contributed by atoms with van der Waals surface area (Å²) in [4.78, 5) is 5.63. The normalized spacial score (nSPS) is 15.4. The van der Waals surface area contributed by atoms with E-state index in [-0.39, 0.29) is 6.04 Å². The molecule has 1 aromatic heterocycles. The highest BCUT2D eigenvalue weighted by atomic mass is 32.2. The molecule has 3 rings (SSSR count). The number of nitrogens with zero attached hydrogens (tertiary/aromatic N) is 2. The number of hydrogen-bond acceptors (Lipinski definition) is 5. The lowest BCUT2D eigenvalue weighted by molar-refractivity contribution is 0.293. The third-order valence-electron chi connectivity index (χ3n) is 5.13. The van der Waals surface area contributed by atoms with Gasteiger partial charge in [0.05, 0.1) is 15.7 Å². The van der Waals surface area contributed by atoms with Crippen molar-refractivity contribution in [2.24, 2.45) is 11.7 Å². The average molecular weight is 400 g/mol. The van der Waals surface area contributed by atoms with Gasteiger partial charge in [-0.15, -0.1) is 11.3 Å². The van der Waals surface area contributed by atoms with Gasteiger partial charge in [0.1, 0.15) is 0 Å². The quantitative estimate of drug-likeness (QED) is 0.487. The number of aromatic nitrogens is 1. The van der Waals surface area contributed by atoms with Gasteiger partial charge in [0.2, 0.25) is 0 Å². The molecular weight excluding hydrogens is 370 g/mol. The molecule has 144 valence electrons. The van der Waals surface area contributed by atoms with Crippen LogP contribution >= 0.6 is 23.3 Å². The molecule has 0 fully saturated rings. The lowest BCUT2D eigenvalue weighted by Gasteiger charge is -2.33. The van der Waals surface area contributed by atoms with Gasteiger partial charge in [-0.2, -0.15) is 0 Å². The van der Waals surface area contributed by atoms with Gasteiger partial charge in [-0.1, -0.05) is 44.2 Å². The third kappa shape index (κ3) is 5.11. The molecule has 2 aromatic carbocycles. The van der Waals surface area contributed by atoms with Crippen LogP contribution in [0.5, 0.6) is 0 Å². The number of hydrogen-bond donors (Lipinski definition) is 1. The van der Waals surface area contributed by atoms with E-state index < -0.39 is 0 Å². The summed E-state index contributed by atoms with van der Waals surface area (Å²) in [6, 6.07) is 17.7. The monoisotopic (exact) mass is 399 g/mol. The Morgan fingerprint density at radius 1 is 1.07 bits per heavy atom. The van der Waals surface area contributed by atoms with E-state index in [1.54, 1.807) is 11.3 Å². The molecule has 1 unspecified atom stereocenters. The minimum Gasteiger partial charge on any atom is -0.327 e. The van der Waals surface area contributed by atoms with Crippen LogP contribution in [0, 0.1) is 5.92 Å². The fraction of sp³-hybridized carbons (Fsp3) is 0.409. The summed E-state index contributed by atoms with van der Waals surface area (Å²) < 4.78 is 3.69. The Kier molecular flexibility index (Phi) is 6.93. The van der Waals surface area contributed by atoms with E-state index in [1.165, 1.54) is 15.2 Å². The van der Waals surface area contributed by atoms with Crippen LogP contribution in [0.15, 0.2) is 58.9 Å². The van der Waals surface area contributed by atoms with Crippen molar-refractivity contribution in [3.8, 4) is 0 Å². The van der Waals surface area contributed by atoms with E-state index in [0.717, 1.165) is 12.1 Å². The first kappa shape index (κ1) is 20.3. The highest BCUT2D eigenvalue weighted by Gasteiger charge is 2.24. The fourth-order valence-electron chi connectivity index (χ4n) is 3.26. The number of thiazole rings is 1. The van der Waals surface area contributed by atoms with Crippen LogP contribution in [0.3, 0.4) is 0 Å². The molecule has 0 aliphatic rings. The second kappa shape index (κ2) is 9.20. The van der Waals surface area contributed by atoms with Gasteiger partial charge in [0.15, 0.2) is 0 Å². The lowest BCUT2D eigenvalue weighted by Crippen LogP contribution is -2.40. The van der Waals surface area contributed by atoms with Crippen LogP contribution in [-0.4, -0.2) is 27.9 Å². The van der Waals surface area contributed by atoms with Crippen LogP contribution in [0.25, 0.3) is 10.2 Å². The molecular formula is C22H29N3S2. The summed E-state index contributed by atoms with van der Waals surface area (Å²) in [6.07, 6.45) is 0. The molecule has 3 atom stereocenters. The maximum absolute atomic E-state index is 6.65. The van der Waals surface area contributed by atoms with Gasteiger partial charge in [-0.05, 0) is 61.4 Å². The summed E-state index contributed by atoms with van der Waals surface area (Å²) in [5.41, 5.74) is 11.0. The predicted molar refractivity (Wildman–Crippen MR) is 119 cm³/mol. The number of fused-ring (bicyclic) bond motifs is 1. The van der Waals surface area contributed by atoms with E-state index >= 15 is 0 Å². The van der Waals surface area contributed by atoms with E-state index in [4.69, 9.17) is 5.73 Å². The van der Waals surface area contributed by atoms with Crippen LogP contribution in [-0.2, 0) is 0 Å². The first-order chi connectivity index (χ1) is 13.0. The minimum absolute atomic E-state index is 0.123. The van der Waals surface area contributed by atoms with Crippen molar-refractivity contribution in [3.63, 3.8) is 0 Å². The molecule has 5 heteroatoms. The smallest absolute Gasteiger partial charge is 0.0812 e. The molecule has 0 bridgehead atoms. The SMILES string of the molecule is CC(C)N(C[C@@H](C)C(N)[C@H](C)c1ccccc1)Sc1ccc2ncsc2c1. The molecule has 0 amide bonds. The Bertz CT molecular complexity index is 847. The van der Waals surface area contributed by atoms with Gasteiger partial charge >= 0.3 is 0 Å². The zero-order chi connectivity index (χ0) is 19.4. The van der Waals surface area contributed by atoms with Crippen molar-refractivity contribution in [2.45, 2.75) is 50.6 Å². The van der Waals surface area contributed by atoms with Crippen LogP contribution in [0.4, 0.5) is 0 Å². The second-order valence-electron chi connectivity index (χ2n) is 7.52. The standard InChI is InChI=1S/C22H29N3S2/c1-15(2)25(27-19-10-11-20-21(12-19)26-14-24-20)13-16(3)22(23)17(4)18-8-6-5-7-9-18/h5-12,14-17,22H,13,23H2,1-4H3/t16-,17-,22?/m1/s1. The molecule has 0 saturated carbocycles. The van der Waals surface area contributed by atoms with Crippen molar-refractivity contribution >= 4 is 33.5 Å². The summed E-state index contributed by atoms with van der Waals surface area (Å²) in [5.74, 6) is 0.732. The molecule has 3 aromatic rings. The maximum Gasteiger partial charge on any atom is 0.0812 e. The van der Waals surface area contributed by atoms with E-state index in [1.807, 2.05) is 17.5 Å². The van der Waals surface area contributed by atoms with Gasteiger partial charge in [-0.3, -0.25) is 0 Å². The number of benzene rings is 2. The molecule has 27 heavy (non-hydrogen) atoms. The van der Waals surface area contributed by atoms with Crippen LogP contribution in [0.1, 0.15) is 39.2 Å². The van der Waals surface area contributed by atoms with Crippen molar-refractivity contribution in [1.82, 2.24) is 9.29 Å². The summed E-state index contributed by atoms with van der Waals surface area (Å²) >= 11 is 3.52. The first-order valence-corrected chi connectivity index (χ1v) is 11.2. The summed E-state index contributed by atoms with van der Waals surface area (Å²) in [5, 5.41) is 0. The van der Waals surface area contributed by atoms with Gasteiger partial charge in [-0.25, -0.2) is 9.29 Å². The van der Waals surface area contributed by atoms with Gasteiger partial charge in [0, 0.05) is 23.5 Å². The number of nitrogens with two attached hydrogens (primary N) is 1. The largest absolute Gasteiger partial charge is 0.327 e. The molecule has 2 N–H and O–H groups in total. The Morgan fingerprint density at radius 2 is 1.81 bits per heavy atom. The topological polar surface area (TPSA) is 42.1 Å². The molecule has 0 aliphatic heterocycles. The predicted octanol–water partition coefficient (Wildman–Crippen LogP) is 5.78. The summed E-state index contributed by atoms with van der Waals surface area (Å²) in [6.45, 7) is 9.96. The minimum atomic E-state index is 0.123. The highest BCUT2D eigenvalue weighted by Crippen LogP contribution is 2.31. The van der Waals surface area contributed by atoms with Crippen LogP contribution < -0.4 is 5.73 Å². The zero-order valence-corrected chi connectivity index (χ0v) is 18.1. The number of rotatable bonds is 8. The van der Waals surface area contributed by atoms with Crippen LogP contribution in [0.2, 0.25) is 0 Å². The van der Waals surface area contributed by atoms with Gasteiger partial charge < -0.3 is 5.73 Å². The maximum atomic E-state index is 6.65. The second-order valence-corrected chi connectivity index (χ2v) is 9.53. The molecule has 0 spiro atoms. The van der Waals surface area contributed by atoms with E-state index in [0.29, 0.717) is 17.9 Å². The van der Waals surface area contributed by atoms with E-state index in [9.17, 15) is 0 Å². The molecule has 0 aliphatic carbocycles. The lowest BCUT2D eigenvalue weighted by atomic mass is 9.86. The zero-order valence-electron chi connectivity index (χ0n) is 16.5. The molecule has 0 saturated heterocycles. The first-order valence-electron chi connectivity index (χ1n) is 9.54. The molecule has 1 heterocycles. The average Bonchev–Trinajstić information content (AvgIpc) is 3.14. The van der Waals surface area contributed by atoms with Gasteiger partial charge in [0.25, 0.3) is 0 Å². The molecule has 0 radical (unpaired) electrons. The third-order valence-corrected chi connectivity index (χ3v) is 7.19. The Labute approximate surface area is 171 Å². The summed E-state index contributed by atoms with van der Waals surface area (Å²) in [7, 11) is 0. The van der Waals surface area contributed by atoms with Crippen molar-refractivity contribution in [2.75, 3.05) is 6.54 Å². The Morgan fingerprint density at radius 3 is 2.52 bits per heavy atom. The highest BCUT2D eigenvalue weighted by molar-refractivity contribution is 7.97. The fourth-order valence-corrected chi connectivity index (χ4v) is 5.14. The molecule has 3 nitrogen and oxygen atoms in total. The Hall–Kier alpha value is -1.40. The van der Waals surface area contributed by atoms with E-state index in [2.05, 4.69) is 85.5 Å². The van der Waals surface area contributed by atoms with Crippen molar-refractivity contribution < 1.29 is 0 Å². The Balaban J connectivity index is 1.67. The van der Waals surface area contributed by atoms with Crippen molar-refractivity contribution in [3.05, 3.63) is 59.6 Å².